The van der Waals surface area contributed by atoms with E-state index in [1.807, 2.05) is 13.0 Å². The zero-order valence-corrected chi connectivity index (χ0v) is 21.9. The third kappa shape index (κ3) is 5.61. The fourth-order valence-electron chi connectivity index (χ4n) is 5.17. The average Bonchev–Trinajstić information content (AvgIpc) is 3.33. The molecule has 1 fully saturated rings. The first-order chi connectivity index (χ1) is 18.5. The van der Waals surface area contributed by atoms with Gasteiger partial charge >= 0.3 is 6.18 Å². The van der Waals surface area contributed by atoms with Crippen LogP contribution in [-0.4, -0.2) is 48.2 Å². The number of amides is 1. The molecule has 206 valence electrons. The van der Waals surface area contributed by atoms with Gasteiger partial charge in [0.05, 0.1) is 27.9 Å². The van der Waals surface area contributed by atoms with Crippen molar-refractivity contribution in [1.82, 2.24) is 20.2 Å². The number of halogens is 4. The number of anilines is 1. The molecule has 1 aliphatic rings. The van der Waals surface area contributed by atoms with E-state index in [0.29, 0.717) is 23.5 Å². The van der Waals surface area contributed by atoms with Crippen molar-refractivity contribution in [1.29, 1.82) is 5.26 Å². The summed E-state index contributed by atoms with van der Waals surface area (Å²) in [6.07, 6.45) is -0.744. The molecule has 1 aromatic carbocycles. The number of piperidine rings is 1. The van der Waals surface area contributed by atoms with Crippen LogP contribution in [0.4, 0.5) is 23.2 Å². The first-order valence-corrected chi connectivity index (χ1v) is 12.6. The molecule has 1 unspecified atom stereocenters. The van der Waals surface area contributed by atoms with Crippen LogP contribution >= 0.6 is 0 Å². The number of likely N-dealkylation sites (N-methyl/N-ethyl adjacent to an activating group) is 1. The van der Waals surface area contributed by atoms with Gasteiger partial charge in [0.1, 0.15) is 11.8 Å². The topological polar surface area (TPSA) is 86.0 Å². The summed E-state index contributed by atoms with van der Waals surface area (Å²) in [5, 5.41) is 15.6. The molecule has 39 heavy (non-hydrogen) atoms. The van der Waals surface area contributed by atoms with Gasteiger partial charge in [0.15, 0.2) is 5.82 Å². The van der Waals surface area contributed by atoms with Crippen molar-refractivity contribution in [2.75, 3.05) is 31.6 Å². The van der Waals surface area contributed by atoms with Crippen molar-refractivity contribution in [2.24, 2.45) is 7.05 Å². The van der Waals surface area contributed by atoms with Crippen molar-refractivity contribution in [3.63, 3.8) is 0 Å². The number of nitrogens with one attached hydrogen (secondary N) is 2. The van der Waals surface area contributed by atoms with Gasteiger partial charge in [-0.15, -0.1) is 0 Å². The molecular formula is C28H30F4N6O. The lowest BCUT2D eigenvalue weighted by molar-refractivity contribution is -0.137. The molecule has 0 radical (unpaired) electrons. The summed E-state index contributed by atoms with van der Waals surface area (Å²) in [7, 11) is 3.56. The maximum Gasteiger partial charge on any atom is 0.416 e. The normalized spacial score (nSPS) is 16.0. The van der Waals surface area contributed by atoms with Gasteiger partial charge in [-0.1, -0.05) is 0 Å². The zero-order valence-electron chi connectivity index (χ0n) is 21.9. The fourth-order valence-corrected chi connectivity index (χ4v) is 5.17. The molecule has 1 aliphatic heterocycles. The number of alkyl halides is 3. The summed E-state index contributed by atoms with van der Waals surface area (Å²) in [4.78, 5) is 19.9. The Bertz CT molecular complexity index is 1390. The molecule has 2 N–H and O–H groups in total. The van der Waals surface area contributed by atoms with Gasteiger partial charge < -0.3 is 20.1 Å². The van der Waals surface area contributed by atoms with E-state index >= 15 is 4.39 Å². The van der Waals surface area contributed by atoms with Gasteiger partial charge in [-0.25, -0.2) is 4.39 Å². The lowest BCUT2D eigenvalue weighted by Crippen LogP contribution is -2.54. The van der Waals surface area contributed by atoms with E-state index < -0.39 is 23.0 Å². The number of benzene rings is 1. The highest BCUT2D eigenvalue weighted by Gasteiger charge is 2.44. The predicted octanol–water partition coefficient (Wildman–Crippen LogP) is 4.38. The quantitative estimate of drug-likeness (QED) is 0.433. The molecule has 4 rings (SSSR count). The lowest BCUT2D eigenvalue weighted by Gasteiger charge is -2.42. The molecule has 0 spiro atoms. The fraction of sp³-hybridized carbons (Fsp3) is 0.393. The second kappa shape index (κ2) is 11.1. The van der Waals surface area contributed by atoms with Crippen molar-refractivity contribution in [3.05, 3.63) is 71.3 Å². The molecule has 7 nitrogen and oxygen atoms in total. The van der Waals surface area contributed by atoms with Crippen LogP contribution in [0.1, 0.15) is 36.5 Å². The number of carbonyl (C=O) groups is 1. The Kier molecular flexibility index (Phi) is 7.97. The SMILES string of the molecule is CNCC(C)NC(=O)C1(c2cnc(-c3cccn3C)c(F)c2)CCN(c2ccc(C(F)(F)F)cc2C#N)CC1. The third-order valence-electron chi connectivity index (χ3n) is 7.30. The number of rotatable bonds is 7. The Balaban J connectivity index is 1.67. The van der Waals surface area contributed by atoms with Crippen LogP contribution in [0.2, 0.25) is 0 Å². The van der Waals surface area contributed by atoms with Gasteiger partial charge in [-0.3, -0.25) is 9.78 Å². The van der Waals surface area contributed by atoms with Crippen LogP contribution < -0.4 is 15.5 Å². The number of nitrogens with zero attached hydrogens (tertiary/aromatic N) is 4. The summed E-state index contributed by atoms with van der Waals surface area (Å²) < 4.78 is 56.7. The Labute approximate surface area is 224 Å². The molecule has 1 saturated heterocycles. The van der Waals surface area contributed by atoms with E-state index in [2.05, 4.69) is 15.6 Å². The average molecular weight is 543 g/mol. The second-order valence-electron chi connectivity index (χ2n) is 9.90. The number of nitriles is 1. The minimum atomic E-state index is -4.56. The molecule has 11 heteroatoms. The Morgan fingerprint density at radius 1 is 1.23 bits per heavy atom. The smallest absolute Gasteiger partial charge is 0.370 e. The zero-order chi connectivity index (χ0) is 28.4. The van der Waals surface area contributed by atoms with Crippen LogP contribution in [0.5, 0.6) is 0 Å². The Hall–Kier alpha value is -3.91. The number of carbonyl (C=O) groups excluding carboxylic acids is 1. The van der Waals surface area contributed by atoms with Crippen molar-refractivity contribution in [3.8, 4) is 17.5 Å². The molecule has 0 saturated carbocycles. The number of hydrogen-bond donors (Lipinski definition) is 2. The standard InChI is InChI=1S/C28H30F4N6O/c1-18(16-34-2)36-26(39)27(21-14-22(29)25(35-17-21)24-5-4-10-37(24)3)8-11-38(12-9-27)23-7-6-20(28(30,31)32)13-19(23)15-33/h4-7,10,13-14,17-18,34H,8-9,11-12,16H2,1-3H3,(H,36,39). The van der Waals surface area contributed by atoms with Crippen LogP contribution in [-0.2, 0) is 23.4 Å². The summed E-state index contributed by atoms with van der Waals surface area (Å²) >= 11 is 0. The molecule has 0 aliphatic carbocycles. The van der Waals surface area contributed by atoms with Crippen LogP contribution in [0.3, 0.4) is 0 Å². The molecule has 2 aromatic heterocycles. The van der Waals surface area contributed by atoms with Crippen LogP contribution in [0.25, 0.3) is 11.4 Å². The molecule has 3 aromatic rings. The minimum Gasteiger partial charge on any atom is -0.370 e. The third-order valence-corrected chi connectivity index (χ3v) is 7.30. The van der Waals surface area contributed by atoms with Gasteiger partial charge in [-0.05, 0) is 68.8 Å². The predicted molar refractivity (Wildman–Crippen MR) is 139 cm³/mol. The largest absolute Gasteiger partial charge is 0.416 e. The maximum atomic E-state index is 15.4. The van der Waals surface area contributed by atoms with Crippen LogP contribution in [0.15, 0.2) is 48.8 Å². The monoisotopic (exact) mass is 542 g/mol. The molecule has 3 heterocycles. The van der Waals surface area contributed by atoms with Crippen LogP contribution in [0, 0.1) is 17.1 Å². The Morgan fingerprint density at radius 2 is 1.95 bits per heavy atom. The van der Waals surface area contributed by atoms with Gasteiger partial charge in [-0.2, -0.15) is 18.4 Å². The maximum absolute atomic E-state index is 15.4. The number of aryl methyl sites for hydroxylation is 1. The number of aromatic nitrogens is 2. The Morgan fingerprint density at radius 3 is 2.51 bits per heavy atom. The van der Waals surface area contributed by atoms with E-state index in [0.717, 1.165) is 12.1 Å². The van der Waals surface area contributed by atoms with Gasteiger partial charge in [0.25, 0.3) is 0 Å². The first-order valence-electron chi connectivity index (χ1n) is 12.6. The van der Waals surface area contributed by atoms with E-state index in [4.69, 9.17) is 0 Å². The van der Waals surface area contributed by atoms with Crippen molar-refractivity contribution >= 4 is 11.6 Å². The minimum absolute atomic E-state index is 0.0935. The number of pyridine rings is 1. The summed E-state index contributed by atoms with van der Waals surface area (Å²) in [6, 6.07) is 9.64. The van der Waals surface area contributed by atoms with E-state index in [1.54, 1.807) is 41.9 Å². The molecule has 1 amide bonds. The molecule has 1 atom stereocenters. The van der Waals surface area contributed by atoms with Gasteiger partial charge in [0.2, 0.25) is 5.91 Å². The highest BCUT2D eigenvalue weighted by atomic mass is 19.4. The summed E-state index contributed by atoms with van der Waals surface area (Å²) in [5.74, 6) is -0.827. The van der Waals surface area contributed by atoms with Gasteiger partial charge in [0, 0.05) is 45.1 Å². The van der Waals surface area contributed by atoms with Crippen molar-refractivity contribution < 1.29 is 22.4 Å². The molecule has 0 bridgehead atoms. The summed E-state index contributed by atoms with van der Waals surface area (Å²) in [5.41, 5.74) is -0.535. The highest BCUT2D eigenvalue weighted by Crippen LogP contribution is 2.40. The van der Waals surface area contributed by atoms with E-state index in [-0.39, 0.29) is 49.1 Å². The molecular weight excluding hydrogens is 512 g/mol. The van der Waals surface area contributed by atoms with E-state index in [9.17, 15) is 23.2 Å². The summed E-state index contributed by atoms with van der Waals surface area (Å²) in [6.45, 7) is 2.93. The van der Waals surface area contributed by atoms with E-state index in [1.165, 1.54) is 18.3 Å². The number of hydrogen-bond acceptors (Lipinski definition) is 5. The second-order valence-corrected chi connectivity index (χ2v) is 9.90. The lowest BCUT2D eigenvalue weighted by atomic mass is 9.72. The highest BCUT2D eigenvalue weighted by molar-refractivity contribution is 5.89. The van der Waals surface area contributed by atoms with Crippen molar-refractivity contribution in [2.45, 2.75) is 37.4 Å². The first kappa shape index (κ1) is 28.1.